The quantitative estimate of drug-likeness (QED) is 0.513. The van der Waals surface area contributed by atoms with E-state index in [1.807, 2.05) is 6.07 Å². The summed E-state index contributed by atoms with van der Waals surface area (Å²) in [5.41, 5.74) is 1.08. The summed E-state index contributed by atoms with van der Waals surface area (Å²) in [5.74, 6) is 0.377. The third kappa shape index (κ3) is 5.85. The fourth-order valence-electron chi connectivity index (χ4n) is 4.10. The molecular weight excluding hydrogens is 478 g/mol. The summed E-state index contributed by atoms with van der Waals surface area (Å²) in [6.07, 6.45) is 2.01. The fourth-order valence-corrected chi connectivity index (χ4v) is 5.58. The third-order valence-corrected chi connectivity index (χ3v) is 8.23. The van der Waals surface area contributed by atoms with Crippen molar-refractivity contribution in [3.8, 4) is 11.3 Å². The maximum Gasteiger partial charge on any atom is 0.290 e. The standard InChI is InChI=1S/C23H26ClN3O3S.CH2O2/c1-26-12-10-16(11-13-26)15-27(2)31(29,30)18-8-6-17(7-9-18)22-14-20-19(23(28)25-22)4-3-5-21(20)24;2-1-3/h3-9,14,16H,10-13,15H2,1-2H3,(H,25,28);1H,(H,2,3). The maximum absolute atomic E-state index is 13.0. The lowest BCUT2D eigenvalue weighted by molar-refractivity contribution is -0.122. The minimum absolute atomic E-state index is 0.232. The number of carbonyl (C=O) groups is 1. The second kappa shape index (κ2) is 11.1. The van der Waals surface area contributed by atoms with Crippen LogP contribution in [0.1, 0.15) is 12.8 Å². The minimum Gasteiger partial charge on any atom is -0.483 e. The van der Waals surface area contributed by atoms with Crippen LogP contribution in [-0.4, -0.2) is 67.9 Å². The van der Waals surface area contributed by atoms with Gasteiger partial charge in [-0.05, 0) is 74.8 Å². The zero-order valence-corrected chi connectivity index (χ0v) is 20.6. The molecule has 8 nitrogen and oxygen atoms in total. The van der Waals surface area contributed by atoms with Crippen LogP contribution in [0.5, 0.6) is 0 Å². The van der Waals surface area contributed by atoms with Gasteiger partial charge in [-0.25, -0.2) is 12.7 Å². The van der Waals surface area contributed by atoms with E-state index in [-0.39, 0.29) is 16.9 Å². The van der Waals surface area contributed by atoms with Crippen molar-refractivity contribution in [3.05, 3.63) is 63.9 Å². The van der Waals surface area contributed by atoms with Gasteiger partial charge in [0, 0.05) is 35.1 Å². The van der Waals surface area contributed by atoms with Crippen molar-refractivity contribution in [2.75, 3.05) is 33.7 Å². The summed E-state index contributed by atoms with van der Waals surface area (Å²) in [7, 11) is 0.162. The number of fused-ring (bicyclic) bond motifs is 1. The summed E-state index contributed by atoms with van der Waals surface area (Å²) in [6.45, 7) is 2.27. The van der Waals surface area contributed by atoms with Gasteiger partial charge in [-0.3, -0.25) is 9.59 Å². The number of benzene rings is 2. The van der Waals surface area contributed by atoms with Crippen molar-refractivity contribution in [1.29, 1.82) is 0 Å². The van der Waals surface area contributed by atoms with Gasteiger partial charge in [0.05, 0.1) is 4.90 Å². The lowest BCUT2D eigenvalue weighted by Crippen LogP contribution is -2.37. The van der Waals surface area contributed by atoms with Crippen LogP contribution in [0.15, 0.2) is 58.2 Å². The predicted octanol–water partition coefficient (Wildman–Crippen LogP) is 3.51. The second-order valence-corrected chi connectivity index (χ2v) is 10.8. The van der Waals surface area contributed by atoms with E-state index >= 15 is 0 Å². The van der Waals surface area contributed by atoms with E-state index in [0.717, 1.165) is 31.5 Å². The van der Waals surface area contributed by atoms with Crippen LogP contribution in [0, 0.1) is 5.92 Å². The zero-order valence-electron chi connectivity index (χ0n) is 19.1. The van der Waals surface area contributed by atoms with Crippen molar-refractivity contribution in [2.24, 2.45) is 5.92 Å². The molecule has 34 heavy (non-hydrogen) atoms. The Kier molecular flexibility index (Phi) is 8.48. The molecule has 0 aliphatic carbocycles. The first kappa shape index (κ1) is 25.9. The minimum atomic E-state index is -3.57. The van der Waals surface area contributed by atoms with Crippen LogP contribution in [-0.2, 0) is 14.8 Å². The molecule has 1 aliphatic heterocycles. The number of nitrogens with one attached hydrogen (secondary N) is 1. The normalized spacial score (nSPS) is 15.2. The van der Waals surface area contributed by atoms with Crippen molar-refractivity contribution >= 4 is 38.9 Å². The Hall–Kier alpha value is -2.72. The number of H-pyrrole nitrogens is 1. The molecule has 2 N–H and O–H groups in total. The number of hydrogen-bond acceptors (Lipinski definition) is 5. The Balaban J connectivity index is 0.00000103. The topological polar surface area (TPSA) is 111 Å². The summed E-state index contributed by atoms with van der Waals surface area (Å²) >= 11 is 6.26. The van der Waals surface area contributed by atoms with Crippen molar-refractivity contribution < 1.29 is 18.3 Å². The number of rotatable bonds is 5. The lowest BCUT2D eigenvalue weighted by Gasteiger charge is -2.31. The van der Waals surface area contributed by atoms with E-state index in [1.54, 1.807) is 49.5 Å². The first-order valence-electron chi connectivity index (χ1n) is 10.8. The van der Waals surface area contributed by atoms with Crippen molar-refractivity contribution in [1.82, 2.24) is 14.2 Å². The van der Waals surface area contributed by atoms with Gasteiger partial charge >= 0.3 is 0 Å². The predicted molar refractivity (Wildman–Crippen MR) is 134 cm³/mol. The summed E-state index contributed by atoms with van der Waals surface area (Å²) < 4.78 is 27.5. The first-order chi connectivity index (χ1) is 16.2. The number of halogens is 1. The SMILES string of the molecule is CN1CCC(CN(C)S(=O)(=O)c2ccc(-c3cc4c(Cl)cccc4c(=O)[nH]3)cc2)CC1.O=CO. The van der Waals surface area contributed by atoms with Crippen LogP contribution < -0.4 is 5.56 Å². The molecule has 0 unspecified atom stereocenters. The number of sulfonamides is 1. The summed E-state index contributed by atoms with van der Waals surface area (Å²) in [4.78, 5) is 26.2. The monoisotopic (exact) mass is 505 g/mol. The Bertz CT molecular complexity index is 1300. The Morgan fingerprint density at radius 2 is 1.76 bits per heavy atom. The second-order valence-electron chi connectivity index (χ2n) is 8.38. The molecule has 1 saturated heterocycles. The van der Waals surface area contributed by atoms with Gasteiger partial charge in [-0.15, -0.1) is 0 Å². The number of aromatic amines is 1. The third-order valence-electron chi connectivity index (χ3n) is 6.06. The molecule has 182 valence electrons. The van der Waals surface area contributed by atoms with Gasteiger partial charge in [0.1, 0.15) is 0 Å². The van der Waals surface area contributed by atoms with Crippen molar-refractivity contribution in [3.63, 3.8) is 0 Å². The summed E-state index contributed by atoms with van der Waals surface area (Å²) in [5, 5.41) is 8.57. The molecule has 0 saturated carbocycles. The Labute approximate surface area is 203 Å². The smallest absolute Gasteiger partial charge is 0.290 e. The number of likely N-dealkylation sites (tertiary alicyclic amines) is 1. The highest BCUT2D eigenvalue weighted by Gasteiger charge is 2.25. The van der Waals surface area contributed by atoms with Gasteiger partial charge in [-0.1, -0.05) is 29.8 Å². The molecule has 0 spiro atoms. The average Bonchev–Trinajstić information content (AvgIpc) is 2.81. The number of hydrogen-bond donors (Lipinski definition) is 2. The molecule has 2 aromatic carbocycles. The highest BCUT2D eigenvalue weighted by atomic mass is 35.5. The first-order valence-corrected chi connectivity index (χ1v) is 12.6. The Morgan fingerprint density at radius 3 is 2.38 bits per heavy atom. The van der Waals surface area contributed by atoms with E-state index in [9.17, 15) is 13.2 Å². The molecule has 3 aromatic rings. The van der Waals surface area contributed by atoms with Crippen LogP contribution in [0.2, 0.25) is 5.02 Å². The molecule has 1 aromatic heterocycles. The lowest BCUT2D eigenvalue weighted by atomic mass is 9.97. The molecular formula is C24H28ClN3O5S. The van der Waals surface area contributed by atoms with Gasteiger partial charge in [-0.2, -0.15) is 0 Å². The van der Waals surface area contributed by atoms with Crippen LogP contribution in [0.3, 0.4) is 0 Å². The maximum atomic E-state index is 13.0. The van der Waals surface area contributed by atoms with E-state index in [4.69, 9.17) is 21.5 Å². The molecule has 0 amide bonds. The van der Waals surface area contributed by atoms with Crippen molar-refractivity contribution in [2.45, 2.75) is 17.7 Å². The molecule has 4 rings (SSSR count). The van der Waals surface area contributed by atoms with E-state index in [2.05, 4.69) is 16.9 Å². The largest absolute Gasteiger partial charge is 0.483 e. The van der Waals surface area contributed by atoms with E-state index in [0.29, 0.717) is 34.0 Å². The van der Waals surface area contributed by atoms with E-state index in [1.165, 1.54) is 4.31 Å². The zero-order chi connectivity index (χ0) is 24.9. The van der Waals surface area contributed by atoms with Crippen LogP contribution in [0.4, 0.5) is 0 Å². The van der Waals surface area contributed by atoms with Crippen LogP contribution >= 0.6 is 11.6 Å². The fraction of sp³-hybridized carbons (Fsp3) is 0.333. The van der Waals surface area contributed by atoms with Gasteiger partial charge < -0.3 is 15.0 Å². The molecule has 10 heteroatoms. The molecule has 0 bridgehead atoms. The highest BCUT2D eigenvalue weighted by Crippen LogP contribution is 2.27. The average molecular weight is 506 g/mol. The molecule has 0 radical (unpaired) electrons. The van der Waals surface area contributed by atoms with E-state index < -0.39 is 10.0 Å². The molecule has 2 heterocycles. The molecule has 1 fully saturated rings. The molecule has 0 atom stereocenters. The Morgan fingerprint density at radius 1 is 1.15 bits per heavy atom. The van der Waals surface area contributed by atoms with Gasteiger partial charge in [0.2, 0.25) is 10.0 Å². The number of nitrogens with zero attached hydrogens (tertiary/aromatic N) is 2. The van der Waals surface area contributed by atoms with Gasteiger partial charge in [0.15, 0.2) is 0 Å². The van der Waals surface area contributed by atoms with Gasteiger partial charge in [0.25, 0.3) is 12.0 Å². The number of piperidine rings is 1. The van der Waals surface area contributed by atoms with Crippen LogP contribution in [0.25, 0.3) is 22.0 Å². The highest BCUT2D eigenvalue weighted by molar-refractivity contribution is 7.89. The number of aromatic nitrogens is 1. The molecule has 1 aliphatic rings. The number of carboxylic acid groups (broad SMARTS) is 1. The summed E-state index contributed by atoms with van der Waals surface area (Å²) in [6, 6.07) is 13.6. The number of pyridine rings is 1.